The molecule has 8 heteroatoms. The number of amides is 1. The van der Waals surface area contributed by atoms with Gasteiger partial charge in [0.05, 0.1) is 19.2 Å². The number of hydrogen-bond acceptors (Lipinski definition) is 6. The van der Waals surface area contributed by atoms with E-state index in [0.29, 0.717) is 54.3 Å². The second-order valence-electron chi connectivity index (χ2n) is 6.60. The van der Waals surface area contributed by atoms with E-state index in [1.54, 1.807) is 38.3 Å². The van der Waals surface area contributed by atoms with Crippen LogP contribution in [0.25, 0.3) is 10.9 Å². The highest BCUT2D eigenvalue weighted by molar-refractivity contribution is 5.93. The topological polar surface area (TPSA) is 99.4 Å². The molecule has 1 amide bonds. The van der Waals surface area contributed by atoms with Crippen molar-refractivity contribution in [3.8, 4) is 11.5 Å². The second kappa shape index (κ2) is 9.18. The minimum atomic E-state index is -0.318. The molecular weight excluding hydrogens is 375 g/mol. The van der Waals surface area contributed by atoms with Crippen LogP contribution in [0.3, 0.4) is 0 Å². The molecule has 0 aliphatic heterocycles. The van der Waals surface area contributed by atoms with Crippen LogP contribution in [0.2, 0.25) is 0 Å². The van der Waals surface area contributed by atoms with Gasteiger partial charge in [0.15, 0.2) is 11.5 Å². The zero-order valence-corrected chi connectivity index (χ0v) is 16.4. The van der Waals surface area contributed by atoms with Gasteiger partial charge in [-0.1, -0.05) is 0 Å². The number of rotatable bonds is 9. The summed E-state index contributed by atoms with van der Waals surface area (Å²) >= 11 is 0. The Labute approximate surface area is 168 Å². The Morgan fingerprint density at radius 2 is 2.00 bits per heavy atom. The molecule has 0 bridgehead atoms. The lowest BCUT2D eigenvalue weighted by Gasteiger charge is -2.14. The number of methoxy groups -OCH3 is 1. The van der Waals surface area contributed by atoms with Crippen LogP contribution in [0.15, 0.2) is 36.7 Å². The van der Waals surface area contributed by atoms with E-state index >= 15 is 0 Å². The van der Waals surface area contributed by atoms with E-state index in [4.69, 9.17) is 15.2 Å². The van der Waals surface area contributed by atoms with E-state index in [9.17, 15) is 9.18 Å². The molecular formula is C21H23FN4O3. The van der Waals surface area contributed by atoms with Crippen LogP contribution in [-0.4, -0.2) is 29.6 Å². The molecule has 0 saturated carbocycles. The van der Waals surface area contributed by atoms with Crippen molar-refractivity contribution < 1.29 is 18.7 Å². The quantitative estimate of drug-likeness (QED) is 0.531. The first-order valence-electron chi connectivity index (χ1n) is 9.25. The van der Waals surface area contributed by atoms with Crippen molar-refractivity contribution in [1.82, 2.24) is 9.97 Å². The molecule has 3 aromatic rings. The fourth-order valence-electron chi connectivity index (χ4n) is 2.88. The van der Waals surface area contributed by atoms with Gasteiger partial charge in [0.2, 0.25) is 5.91 Å². The Morgan fingerprint density at radius 3 is 2.72 bits per heavy atom. The van der Waals surface area contributed by atoms with Crippen molar-refractivity contribution in [3.05, 3.63) is 48.0 Å². The minimum Gasteiger partial charge on any atom is -0.493 e. The lowest BCUT2D eigenvalue weighted by Crippen LogP contribution is -2.10. The van der Waals surface area contributed by atoms with E-state index in [2.05, 4.69) is 15.3 Å². The maximum Gasteiger partial charge on any atom is 0.217 e. The number of carbonyl (C=O) groups excluding carboxylic acids is 1. The van der Waals surface area contributed by atoms with Gasteiger partial charge in [0.1, 0.15) is 18.0 Å². The smallest absolute Gasteiger partial charge is 0.217 e. The summed E-state index contributed by atoms with van der Waals surface area (Å²) in [5.41, 5.74) is 7.08. The van der Waals surface area contributed by atoms with Crippen LogP contribution in [0.5, 0.6) is 11.5 Å². The number of primary amides is 1. The summed E-state index contributed by atoms with van der Waals surface area (Å²) in [6, 6.07) is 8.35. The zero-order chi connectivity index (χ0) is 20.8. The highest BCUT2D eigenvalue weighted by atomic mass is 19.1. The Kier molecular flexibility index (Phi) is 6.43. The third-order valence-electron chi connectivity index (χ3n) is 4.42. The minimum absolute atomic E-state index is 0.262. The first kappa shape index (κ1) is 20.3. The van der Waals surface area contributed by atoms with E-state index in [-0.39, 0.29) is 11.7 Å². The van der Waals surface area contributed by atoms with Gasteiger partial charge >= 0.3 is 0 Å². The van der Waals surface area contributed by atoms with E-state index < -0.39 is 0 Å². The van der Waals surface area contributed by atoms with Gasteiger partial charge in [-0.3, -0.25) is 4.79 Å². The van der Waals surface area contributed by atoms with Crippen LogP contribution in [0.1, 0.15) is 24.8 Å². The van der Waals surface area contributed by atoms with Crippen LogP contribution in [-0.2, 0) is 4.79 Å². The maximum atomic E-state index is 13.5. The van der Waals surface area contributed by atoms with Gasteiger partial charge in [-0.05, 0) is 49.6 Å². The van der Waals surface area contributed by atoms with Crippen LogP contribution in [0, 0.1) is 12.7 Å². The number of nitrogens with two attached hydrogens (primary N) is 1. The lowest BCUT2D eigenvalue weighted by atomic mass is 10.2. The first-order chi connectivity index (χ1) is 14.0. The average Bonchev–Trinajstić information content (AvgIpc) is 2.70. The summed E-state index contributed by atoms with van der Waals surface area (Å²) in [5, 5.41) is 3.94. The summed E-state index contributed by atoms with van der Waals surface area (Å²) in [6.07, 6.45) is 3.15. The van der Waals surface area contributed by atoms with Gasteiger partial charge in [0, 0.05) is 23.6 Å². The van der Waals surface area contributed by atoms with Gasteiger partial charge < -0.3 is 20.5 Å². The number of aryl methyl sites for hydroxylation is 1. The van der Waals surface area contributed by atoms with Gasteiger partial charge in [0.25, 0.3) is 0 Å². The van der Waals surface area contributed by atoms with Crippen molar-refractivity contribution >= 4 is 28.3 Å². The molecule has 0 fully saturated rings. The predicted molar refractivity (Wildman–Crippen MR) is 109 cm³/mol. The van der Waals surface area contributed by atoms with Crippen LogP contribution >= 0.6 is 0 Å². The zero-order valence-electron chi connectivity index (χ0n) is 16.4. The molecule has 0 atom stereocenters. The number of halogens is 1. The van der Waals surface area contributed by atoms with Crippen molar-refractivity contribution in [1.29, 1.82) is 0 Å². The summed E-state index contributed by atoms with van der Waals surface area (Å²) in [6.45, 7) is 2.13. The fourth-order valence-corrected chi connectivity index (χ4v) is 2.88. The molecule has 2 aromatic carbocycles. The number of fused-ring (bicyclic) bond motifs is 1. The van der Waals surface area contributed by atoms with Gasteiger partial charge in [-0.25, -0.2) is 14.4 Å². The third-order valence-corrected chi connectivity index (χ3v) is 4.42. The van der Waals surface area contributed by atoms with Crippen molar-refractivity contribution in [2.24, 2.45) is 5.73 Å². The molecule has 0 unspecified atom stereocenters. The van der Waals surface area contributed by atoms with Crippen molar-refractivity contribution in [2.75, 3.05) is 19.0 Å². The molecule has 7 nitrogen and oxygen atoms in total. The molecule has 29 heavy (non-hydrogen) atoms. The van der Waals surface area contributed by atoms with Crippen molar-refractivity contribution in [3.63, 3.8) is 0 Å². The Morgan fingerprint density at radius 1 is 1.17 bits per heavy atom. The molecule has 1 aromatic heterocycles. The number of hydrogen-bond donors (Lipinski definition) is 2. The molecule has 0 spiro atoms. The Hall–Kier alpha value is -3.42. The number of carbonyl (C=O) groups is 1. The molecule has 0 aliphatic carbocycles. The summed E-state index contributed by atoms with van der Waals surface area (Å²) in [4.78, 5) is 19.4. The average molecular weight is 398 g/mol. The first-order valence-corrected chi connectivity index (χ1v) is 9.25. The summed E-state index contributed by atoms with van der Waals surface area (Å²) < 4.78 is 24.8. The van der Waals surface area contributed by atoms with Crippen molar-refractivity contribution in [2.45, 2.75) is 26.2 Å². The molecule has 0 aliphatic rings. The SMILES string of the molecule is COc1cc2c(Nc3ccc(F)c(C)c3)ncnc2cc1OCCCCC(N)=O. The summed E-state index contributed by atoms with van der Waals surface area (Å²) in [7, 11) is 1.56. The molecule has 152 valence electrons. The Balaban J connectivity index is 1.82. The highest BCUT2D eigenvalue weighted by Crippen LogP contribution is 2.35. The fraction of sp³-hybridized carbons (Fsp3) is 0.286. The van der Waals surface area contributed by atoms with E-state index in [1.165, 1.54) is 12.4 Å². The van der Waals surface area contributed by atoms with Gasteiger partial charge in [-0.2, -0.15) is 0 Å². The lowest BCUT2D eigenvalue weighted by molar-refractivity contribution is -0.118. The largest absolute Gasteiger partial charge is 0.493 e. The van der Waals surface area contributed by atoms with Gasteiger partial charge in [-0.15, -0.1) is 0 Å². The third kappa shape index (κ3) is 5.10. The molecule has 0 saturated heterocycles. The number of nitrogens with zero attached hydrogens (tertiary/aromatic N) is 2. The number of anilines is 2. The number of nitrogens with one attached hydrogen (secondary N) is 1. The summed E-state index contributed by atoms with van der Waals surface area (Å²) in [5.74, 6) is 1.10. The van der Waals surface area contributed by atoms with E-state index in [1.807, 2.05) is 0 Å². The molecule has 0 radical (unpaired) electrons. The molecule has 3 N–H and O–H groups in total. The second-order valence-corrected chi connectivity index (χ2v) is 6.60. The molecule has 3 rings (SSSR count). The number of benzene rings is 2. The molecule has 1 heterocycles. The Bertz CT molecular complexity index is 1030. The highest BCUT2D eigenvalue weighted by Gasteiger charge is 2.12. The number of aromatic nitrogens is 2. The standard InChI is InChI=1S/C21H23FN4O3/c1-13-9-14(6-7-16(13)22)26-21-15-10-18(28-2)19(11-17(15)24-12-25-21)29-8-4-3-5-20(23)27/h6-7,9-12H,3-5,8H2,1-2H3,(H2,23,27)(H,24,25,26). The normalized spacial score (nSPS) is 10.7. The monoisotopic (exact) mass is 398 g/mol. The van der Waals surface area contributed by atoms with Crippen LogP contribution in [0.4, 0.5) is 15.9 Å². The number of ether oxygens (including phenoxy) is 2. The predicted octanol–water partition coefficient (Wildman–Crippen LogP) is 3.86. The number of unbranched alkanes of at least 4 members (excludes halogenated alkanes) is 1. The van der Waals surface area contributed by atoms with Crippen LogP contribution < -0.4 is 20.5 Å². The maximum absolute atomic E-state index is 13.5. The van der Waals surface area contributed by atoms with E-state index in [0.717, 1.165) is 11.1 Å².